The lowest BCUT2D eigenvalue weighted by Crippen LogP contribution is -2.29. The zero-order valence-electron chi connectivity index (χ0n) is 11.1. The van der Waals surface area contributed by atoms with E-state index in [-0.39, 0.29) is 16.6 Å². The normalized spacial score (nSPS) is 13.8. The summed E-state index contributed by atoms with van der Waals surface area (Å²) in [6.45, 7) is 2.07. The first-order chi connectivity index (χ1) is 9.97. The van der Waals surface area contributed by atoms with Crippen LogP contribution in [0.2, 0.25) is 0 Å². The quantitative estimate of drug-likeness (QED) is 0.784. The molecule has 21 heavy (non-hydrogen) atoms. The minimum atomic E-state index is -0.649. The molecular weight excluding hydrogens is 339 g/mol. The van der Waals surface area contributed by atoms with Gasteiger partial charge in [0.2, 0.25) is 0 Å². The molecule has 1 amide bonds. The van der Waals surface area contributed by atoms with Gasteiger partial charge in [0.1, 0.15) is 5.82 Å². The highest BCUT2D eigenvalue weighted by Crippen LogP contribution is 2.34. The molecule has 0 saturated heterocycles. The molecule has 0 atom stereocenters. The number of rotatable bonds is 2. The Bertz CT molecular complexity index is 776. The molecule has 0 aliphatic carbocycles. The smallest absolute Gasteiger partial charge is 0.299 e. The van der Waals surface area contributed by atoms with Crippen LogP contribution in [0.1, 0.15) is 21.5 Å². The van der Waals surface area contributed by atoms with Gasteiger partial charge in [0, 0.05) is 12.4 Å². The molecule has 6 heteroatoms. The number of amides is 1. The number of carbonyl (C=O) groups excluding carboxylic acids is 2. The summed E-state index contributed by atoms with van der Waals surface area (Å²) in [4.78, 5) is 29.4. The molecule has 0 spiro atoms. The molecule has 1 aromatic heterocycles. The van der Waals surface area contributed by atoms with Crippen LogP contribution in [0, 0.1) is 12.7 Å². The van der Waals surface area contributed by atoms with Gasteiger partial charge < -0.3 is 4.90 Å². The maximum Gasteiger partial charge on any atom is 0.299 e. The minimum absolute atomic E-state index is 0.168. The lowest BCUT2D eigenvalue weighted by molar-refractivity contribution is -0.114. The van der Waals surface area contributed by atoms with Crippen LogP contribution in [0.15, 0.2) is 35.1 Å². The van der Waals surface area contributed by atoms with E-state index in [9.17, 15) is 14.0 Å². The van der Waals surface area contributed by atoms with E-state index in [1.54, 1.807) is 12.4 Å². The summed E-state index contributed by atoms with van der Waals surface area (Å²) in [6, 6.07) is 4.42. The fourth-order valence-corrected chi connectivity index (χ4v) is 2.68. The number of nitrogens with zero attached hydrogens (tertiary/aromatic N) is 2. The third-order valence-corrected chi connectivity index (χ3v) is 3.89. The highest BCUT2D eigenvalue weighted by molar-refractivity contribution is 9.10. The van der Waals surface area contributed by atoms with E-state index in [2.05, 4.69) is 20.9 Å². The first-order valence-corrected chi connectivity index (χ1v) is 7.02. The molecule has 0 N–H and O–H groups in total. The average molecular weight is 349 g/mol. The number of aromatic nitrogens is 1. The number of aryl methyl sites for hydroxylation is 1. The Morgan fingerprint density at radius 1 is 1.24 bits per heavy atom. The van der Waals surface area contributed by atoms with E-state index < -0.39 is 17.5 Å². The summed E-state index contributed by atoms with van der Waals surface area (Å²) >= 11 is 3.03. The molecule has 2 heterocycles. The van der Waals surface area contributed by atoms with Gasteiger partial charge in [0.15, 0.2) is 0 Å². The molecular formula is C15H10BrFN2O2. The van der Waals surface area contributed by atoms with Gasteiger partial charge in [-0.05, 0) is 46.1 Å². The number of hydrogen-bond donors (Lipinski definition) is 0. The molecule has 1 aliphatic heterocycles. The fraction of sp³-hybridized carbons (Fsp3) is 0.133. The molecule has 3 rings (SSSR count). The Kier molecular flexibility index (Phi) is 3.33. The fourth-order valence-electron chi connectivity index (χ4n) is 2.33. The van der Waals surface area contributed by atoms with Crippen molar-refractivity contribution < 1.29 is 14.0 Å². The predicted molar refractivity (Wildman–Crippen MR) is 78.6 cm³/mol. The minimum Gasteiger partial charge on any atom is -0.300 e. The summed E-state index contributed by atoms with van der Waals surface area (Å²) in [5.74, 6) is -1.78. The van der Waals surface area contributed by atoms with Crippen LogP contribution in [0.25, 0.3) is 0 Å². The van der Waals surface area contributed by atoms with Gasteiger partial charge in [-0.3, -0.25) is 14.6 Å². The lowest BCUT2D eigenvalue weighted by atomic mass is 10.1. The summed E-state index contributed by atoms with van der Waals surface area (Å²) in [5.41, 5.74) is 2.25. The molecule has 0 saturated carbocycles. The van der Waals surface area contributed by atoms with Crippen molar-refractivity contribution in [3.05, 3.63) is 57.6 Å². The van der Waals surface area contributed by atoms with E-state index >= 15 is 0 Å². The molecule has 1 aromatic carbocycles. The van der Waals surface area contributed by atoms with Crippen molar-refractivity contribution in [2.75, 3.05) is 4.90 Å². The summed E-state index contributed by atoms with van der Waals surface area (Å²) in [6.07, 6.45) is 3.32. The Hall–Kier alpha value is -2.08. The molecule has 2 aromatic rings. The number of anilines is 1. The number of pyridine rings is 1. The largest absolute Gasteiger partial charge is 0.300 e. The van der Waals surface area contributed by atoms with Gasteiger partial charge in [-0.2, -0.15) is 0 Å². The molecule has 4 nitrogen and oxygen atoms in total. The van der Waals surface area contributed by atoms with Crippen molar-refractivity contribution in [1.82, 2.24) is 4.98 Å². The van der Waals surface area contributed by atoms with Crippen molar-refractivity contribution in [3.8, 4) is 0 Å². The molecule has 0 radical (unpaired) electrons. The summed E-state index contributed by atoms with van der Waals surface area (Å²) < 4.78 is 13.9. The number of Topliss-reactive ketones (excluding diaryl/α,β-unsaturated/α-hetero) is 1. The maximum atomic E-state index is 13.7. The predicted octanol–water partition coefficient (Wildman–Crippen LogP) is 3.02. The maximum absolute atomic E-state index is 13.7. The van der Waals surface area contributed by atoms with Crippen LogP contribution < -0.4 is 4.90 Å². The second kappa shape index (κ2) is 5.04. The van der Waals surface area contributed by atoms with E-state index in [1.807, 2.05) is 13.0 Å². The molecule has 0 bridgehead atoms. The Labute approximate surface area is 128 Å². The van der Waals surface area contributed by atoms with E-state index in [0.29, 0.717) is 5.69 Å². The number of ketones is 1. The third-order valence-electron chi connectivity index (χ3n) is 3.29. The number of halogens is 2. The van der Waals surface area contributed by atoms with E-state index in [0.717, 1.165) is 11.1 Å². The summed E-state index contributed by atoms with van der Waals surface area (Å²) in [7, 11) is 0. The first kappa shape index (κ1) is 13.9. The van der Waals surface area contributed by atoms with Gasteiger partial charge in [0.25, 0.3) is 11.7 Å². The highest BCUT2D eigenvalue weighted by atomic mass is 79.9. The van der Waals surface area contributed by atoms with Gasteiger partial charge in [-0.15, -0.1) is 0 Å². The van der Waals surface area contributed by atoms with Crippen molar-refractivity contribution >= 4 is 33.3 Å². The Morgan fingerprint density at radius 3 is 2.71 bits per heavy atom. The second-order valence-corrected chi connectivity index (χ2v) is 5.73. The van der Waals surface area contributed by atoms with Gasteiger partial charge in [0.05, 0.1) is 22.3 Å². The molecule has 1 aliphatic rings. The zero-order chi connectivity index (χ0) is 15.1. The third kappa shape index (κ3) is 2.35. The van der Waals surface area contributed by atoms with E-state index in [4.69, 9.17) is 0 Å². The number of benzene rings is 1. The molecule has 0 unspecified atom stereocenters. The Balaban J connectivity index is 2.03. The molecule has 106 valence electrons. The van der Waals surface area contributed by atoms with Crippen LogP contribution in [0.3, 0.4) is 0 Å². The standard InChI is InChI=1S/C15H10BrFN2O2/c1-8-2-9(6-18-5-8)7-19-13-4-12(17)11(16)3-10(13)14(20)15(19)21/h2-6H,7H2,1H3. The van der Waals surface area contributed by atoms with Crippen molar-refractivity contribution in [2.24, 2.45) is 0 Å². The number of hydrogen-bond acceptors (Lipinski definition) is 3. The second-order valence-electron chi connectivity index (χ2n) is 4.87. The van der Waals surface area contributed by atoms with Gasteiger partial charge in [-0.25, -0.2) is 4.39 Å². The number of fused-ring (bicyclic) bond motifs is 1. The van der Waals surface area contributed by atoms with Crippen LogP contribution in [-0.4, -0.2) is 16.7 Å². The van der Waals surface area contributed by atoms with E-state index in [1.165, 1.54) is 17.0 Å². The average Bonchev–Trinajstić information content (AvgIpc) is 2.65. The van der Waals surface area contributed by atoms with Crippen LogP contribution in [0.5, 0.6) is 0 Å². The molecule has 0 fully saturated rings. The van der Waals surface area contributed by atoms with Crippen LogP contribution in [0.4, 0.5) is 10.1 Å². The number of carbonyl (C=O) groups is 2. The van der Waals surface area contributed by atoms with Gasteiger partial charge in [-0.1, -0.05) is 6.07 Å². The van der Waals surface area contributed by atoms with Crippen molar-refractivity contribution in [1.29, 1.82) is 0 Å². The topological polar surface area (TPSA) is 50.3 Å². The van der Waals surface area contributed by atoms with Crippen LogP contribution in [-0.2, 0) is 11.3 Å². The Morgan fingerprint density at radius 2 is 2.00 bits per heavy atom. The monoisotopic (exact) mass is 348 g/mol. The summed E-state index contributed by atoms with van der Waals surface area (Å²) in [5, 5.41) is 0. The van der Waals surface area contributed by atoms with Gasteiger partial charge >= 0.3 is 0 Å². The SMILES string of the molecule is Cc1cncc(CN2C(=O)C(=O)c3cc(Br)c(F)cc32)c1. The van der Waals surface area contributed by atoms with Crippen LogP contribution >= 0.6 is 15.9 Å². The lowest BCUT2D eigenvalue weighted by Gasteiger charge is -2.16. The first-order valence-electron chi connectivity index (χ1n) is 6.23. The van der Waals surface area contributed by atoms with Crippen molar-refractivity contribution in [3.63, 3.8) is 0 Å². The highest BCUT2D eigenvalue weighted by Gasteiger charge is 2.36. The zero-order valence-corrected chi connectivity index (χ0v) is 12.6. The van der Waals surface area contributed by atoms with Crippen molar-refractivity contribution in [2.45, 2.75) is 13.5 Å².